The van der Waals surface area contributed by atoms with Gasteiger partial charge in [-0.25, -0.2) is 9.97 Å². The number of allylic oxidation sites excluding steroid dienone is 1. The SMILES string of the molecule is CC/C=C(\C(=O)NC1CCC(Nc2cc(C(F)(F)F)nc3ccc(Cl)cc23)CC1)c1csc(N)n1. The second kappa shape index (κ2) is 10.4. The standard InChI is InChI=1S/C24H25ClF3N5OS/c1-2-3-16(20-12-35-23(29)33-20)22(34)31-15-7-5-14(6-8-15)30-19-11-21(24(26,27)28)32-18-9-4-13(25)10-17(18)19/h3-4,9-12,14-15H,2,5-8H2,1H3,(H2,29,33)(H,30,32)(H,31,34)/b16-3-. The zero-order chi connectivity index (χ0) is 25.2. The van der Waals surface area contributed by atoms with Gasteiger partial charge in [0.2, 0.25) is 0 Å². The van der Waals surface area contributed by atoms with Crippen molar-refractivity contribution >= 4 is 56.1 Å². The van der Waals surface area contributed by atoms with E-state index in [1.807, 2.05) is 13.0 Å². The van der Waals surface area contributed by atoms with Gasteiger partial charge in [-0.3, -0.25) is 4.79 Å². The quantitative estimate of drug-likeness (QED) is 0.331. The van der Waals surface area contributed by atoms with Crippen molar-refractivity contribution in [1.29, 1.82) is 0 Å². The summed E-state index contributed by atoms with van der Waals surface area (Å²) >= 11 is 7.37. The number of pyridine rings is 1. The number of amides is 1. The molecule has 3 aromatic rings. The number of thiazole rings is 1. The number of rotatable bonds is 6. The first-order valence-corrected chi connectivity index (χ1v) is 12.6. The smallest absolute Gasteiger partial charge is 0.382 e. The van der Waals surface area contributed by atoms with E-state index in [4.69, 9.17) is 17.3 Å². The van der Waals surface area contributed by atoms with Crippen molar-refractivity contribution in [3.63, 3.8) is 0 Å². The van der Waals surface area contributed by atoms with Crippen LogP contribution in [0.1, 0.15) is 50.4 Å². The van der Waals surface area contributed by atoms with Crippen LogP contribution in [0.15, 0.2) is 35.7 Å². The molecule has 1 saturated carbocycles. The van der Waals surface area contributed by atoms with Crippen LogP contribution in [0.3, 0.4) is 0 Å². The Labute approximate surface area is 209 Å². The number of benzene rings is 1. The molecule has 11 heteroatoms. The number of carbonyl (C=O) groups excluding carboxylic acids is 1. The molecule has 0 radical (unpaired) electrons. The van der Waals surface area contributed by atoms with Crippen LogP contribution in [0, 0.1) is 0 Å². The maximum atomic E-state index is 13.4. The van der Waals surface area contributed by atoms with Crippen molar-refractivity contribution in [2.45, 2.75) is 57.3 Å². The van der Waals surface area contributed by atoms with Gasteiger partial charge in [-0.2, -0.15) is 13.2 Å². The number of aromatic nitrogens is 2. The molecule has 1 aromatic carbocycles. The Hall–Kier alpha value is -2.85. The molecule has 0 saturated heterocycles. The Kier molecular flexibility index (Phi) is 7.51. The maximum Gasteiger partial charge on any atom is 0.433 e. The highest BCUT2D eigenvalue weighted by molar-refractivity contribution is 7.13. The molecule has 0 spiro atoms. The summed E-state index contributed by atoms with van der Waals surface area (Å²) < 4.78 is 40.2. The second-order valence-electron chi connectivity index (χ2n) is 8.48. The number of hydrogen-bond acceptors (Lipinski definition) is 6. The summed E-state index contributed by atoms with van der Waals surface area (Å²) in [6, 6.07) is 5.58. The number of fused-ring (bicyclic) bond motifs is 1. The van der Waals surface area contributed by atoms with E-state index >= 15 is 0 Å². The first-order chi connectivity index (χ1) is 16.6. The first-order valence-electron chi connectivity index (χ1n) is 11.3. The molecule has 0 bridgehead atoms. The van der Waals surface area contributed by atoms with Crippen LogP contribution in [0.2, 0.25) is 5.02 Å². The van der Waals surface area contributed by atoms with Crippen LogP contribution in [-0.4, -0.2) is 28.0 Å². The molecule has 1 amide bonds. The van der Waals surface area contributed by atoms with E-state index in [-0.39, 0.29) is 23.5 Å². The topological polar surface area (TPSA) is 92.9 Å². The van der Waals surface area contributed by atoms with E-state index in [9.17, 15) is 18.0 Å². The fourth-order valence-corrected chi connectivity index (χ4v) is 4.99. The maximum absolute atomic E-state index is 13.4. The van der Waals surface area contributed by atoms with Crippen molar-refractivity contribution in [3.8, 4) is 0 Å². The van der Waals surface area contributed by atoms with Crippen LogP contribution < -0.4 is 16.4 Å². The van der Waals surface area contributed by atoms with Gasteiger partial charge in [0.25, 0.3) is 5.91 Å². The molecule has 6 nitrogen and oxygen atoms in total. The molecule has 4 rings (SSSR count). The van der Waals surface area contributed by atoms with Gasteiger partial charge in [-0.15, -0.1) is 11.3 Å². The minimum Gasteiger partial charge on any atom is -0.382 e. The van der Waals surface area contributed by atoms with Crippen LogP contribution in [0.25, 0.3) is 16.5 Å². The first kappa shape index (κ1) is 25.2. The second-order valence-corrected chi connectivity index (χ2v) is 9.80. The van der Waals surface area contributed by atoms with Crippen LogP contribution >= 0.6 is 22.9 Å². The third-order valence-electron chi connectivity index (χ3n) is 5.93. The largest absolute Gasteiger partial charge is 0.433 e. The molecule has 1 aliphatic rings. The van der Waals surface area contributed by atoms with E-state index in [0.717, 1.165) is 6.07 Å². The summed E-state index contributed by atoms with van der Waals surface area (Å²) in [5.74, 6) is -0.196. The summed E-state index contributed by atoms with van der Waals surface area (Å²) in [5, 5.41) is 9.47. The van der Waals surface area contributed by atoms with Gasteiger partial charge in [0.15, 0.2) is 5.13 Å². The predicted molar refractivity (Wildman–Crippen MR) is 134 cm³/mol. The van der Waals surface area contributed by atoms with Crippen molar-refractivity contribution < 1.29 is 18.0 Å². The summed E-state index contributed by atoms with van der Waals surface area (Å²) in [7, 11) is 0. The lowest BCUT2D eigenvalue weighted by Gasteiger charge is -2.31. The zero-order valence-electron chi connectivity index (χ0n) is 19.0. The minimum absolute atomic E-state index is 0.0360. The third-order valence-corrected chi connectivity index (χ3v) is 6.84. The monoisotopic (exact) mass is 523 g/mol. The number of hydrogen-bond donors (Lipinski definition) is 3. The number of nitrogens with one attached hydrogen (secondary N) is 2. The van der Waals surface area contributed by atoms with Crippen LogP contribution in [0.4, 0.5) is 24.0 Å². The molecule has 0 atom stereocenters. The highest BCUT2D eigenvalue weighted by atomic mass is 35.5. The van der Waals surface area contributed by atoms with E-state index in [1.165, 1.54) is 23.5 Å². The fourth-order valence-electron chi connectivity index (χ4n) is 4.26. The molecular formula is C24H25ClF3N5OS. The summed E-state index contributed by atoms with van der Waals surface area (Å²) in [5.41, 5.74) is 6.41. The van der Waals surface area contributed by atoms with Gasteiger partial charge >= 0.3 is 6.18 Å². The zero-order valence-corrected chi connectivity index (χ0v) is 20.5. The number of halogens is 4. The Balaban J connectivity index is 1.43. The molecular weight excluding hydrogens is 499 g/mol. The normalized spacial score (nSPS) is 19.1. The van der Waals surface area contributed by atoms with Gasteiger partial charge in [0.05, 0.1) is 16.8 Å². The predicted octanol–water partition coefficient (Wildman–Crippen LogP) is 6.28. The number of alkyl halides is 3. The number of nitrogens with zero attached hydrogens (tertiary/aromatic N) is 2. The molecule has 2 aromatic heterocycles. The Morgan fingerprint density at radius 3 is 2.54 bits per heavy atom. The molecule has 35 heavy (non-hydrogen) atoms. The number of carbonyl (C=O) groups is 1. The van der Waals surface area contributed by atoms with E-state index < -0.39 is 11.9 Å². The summed E-state index contributed by atoms with van der Waals surface area (Å²) in [4.78, 5) is 20.9. The average Bonchev–Trinajstić information content (AvgIpc) is 3.24. The van der Waals surface area contributed by atoms with Crippen LogP contribution in [0.5, 0.6) is 0 Å². The number of anilines is 2. The summed E-state index contributed by atoms with van der Waals surface area (Å²) in [6.45, 7) is 1.94. The Morgan fingerprint density at radius 2 is 1.91 bits per heavy atom. The van der Waals surface area contributed by atoms with E-state index in [1.54, 1.807) is 11.4 Å². The lowest BCUT2D eigenvalue weighted by molar-refractivity contribution is -0.140. The average molecular weight is 524 g/mol. The van der Waals surface area contributed by atoms with Gasteiger partial charge in [0, 0.05) is 33.6 Å². The number of nitrogen functional groups attached to an aromatic ring is 1. The molecule has 186 valence electrons. The molecule has 0 unspecified atom stereocenters. The molecule has 0 aliphatic heterocycles. The van der Waals surface area contributed by atoms with Gasteiger partial charge in [0.1, 0.15) is 5.69 Å². The lowest BCUT2D eigenvalue weighted by Crippen LogP contribution is -2.40. The van der Waals surface area contributed by atoms with Gasteiger partial charge < -0.3 is 16.4 Å². The lowest BCUT2D eigenvalue weighted by atomic mass is 9.90. The molecule has 1 aliphatic carbocycles. The van der Waals surface area contributed by atoms with Gasteiger partial charge in [-0.1, -0.05) is 24.6 Å². The third kappa shape index (κ3) is 6.05. The minimum atomic E-state index is -4.56. The summed E-state index contributed by atoms with van der Waals surface area (Å²) in [6.07, 6.45) is 0.712. The van der Waals surface area contributed by atoms with E-state index in [0.29, 0.717) is 64.6 Å². The van der Waals surface area contributed by atoms with Crippen molar-refractivity contribution in [2.24, 2.45) is 0 Å². The van der Waals surface area contributed by atoms with Gasteiger partial charge in [-0.05, 0) is 56.4 Å². The highest BCUT2D eigenvalue weighted by Gasteiger charge is 2.34. The fraction of sp³-hybridized carbons (Fsp3) is 0.375. The van der Waals surface area contributed by atoms with Crippen LogP contribution in [-0.2, 0) is 11.0 Å². The molecule has 2 heterocycles. The molecule has 4 N–H and O–H groups in total. The highest BCUT2D eigenvalue weighted by Crippen LogP contribution is 2.35. The Morgan fingerprint density at radius 1 is 1.20 bits per heavy atom. The van der Waals surface area contributed by atoms with Crippen molar-refractivity contribution in [2.75, 3.05) is 11.1 Å². The number of nitrogens with two attached hydrogens (primary N) is 1. The Bertz CT molecular complexity index is 1250. The van der Waals surface area contributed by atoms with E-state index in [2.05, 4.69) is 20.6 Å². The van der Waals surface area contributed by atoms with Crippen molar-refractivity contribution in [3.05, 3.63) is 52.1 Å². The molecule has 1 fully saturated rings. The van der Waals surface area contributed by atoms with Crippen molar-refractivity contribution in [1.82, 2.24) is 15.3 Å².